The molecule has 0 fully saturated rings. The van der Waals surface area contributed by atoms with Crippen molar-refractivity contribution in [2.75, 3.05) is 19.6 Å². The highest BCUT2D eigenvalue weighted by Gasteiger charge is 2.37. The van der Waals surface area contributed by atoms with Crippen molar-refractivity contribution in [1.29, 1.82) is 0 Å². The van der Waals surface area contributed by atoms with Crippen molar-refractivity contribution < 1.29 is 28.7 Å². The molecule has 0 bridgehead atoms. The lowest BCUT2D eigenvalue weighted by atomic mass is 9.97. The van der Waals surface area contributed by atoms with Gasteiger partial charge in [0.05, 0.1) is 18.9 Å². The largest absolute Gasteiger partial charge is 0.460 e. The first-order valence-corrected chi connectivity index (χ1v) is 12.3. The first-order valence-electron chi connectivity index (χ1n) is 12.3. The van der Waals surface area contributed by atoms with E-state index in [0.717, 1.165) is 0 Å². The third-order valence-electron chi connectivity index (χ3n) is 5.33. The van der Waals surface area contributed by atoms with Gasteiger partial charge in [-0.15, -0.1) is 0 Å². The van der Waals surface area contributed by atoms with Crippen molar-refractivity contribution in [3.63, 3.8) is 0 Å². The number of ketones is 1. The fraction of sp³-hybridized carbons (Fsp3) is 0.833. The molecule has 1 N–H and O–H groups in total. The van der Waals surface area contributed by atoms with E-state index < -0.39 is 46.4 Å². The Balaban J connectivity index is 2.03. The number of carbonyl (C=O) groups is 4. The second-order valence-electron chi connectivity index (χ2n) is 11.8. The summed E-state index contributed by atoms with van der Waals surface area (Å²) in [6, 6.07) is 0. The third kappa shape index (κ3) is 11.2. The van der Waals surface area contributed by atoms with Crippen molar-refractivity contribution >= 4 is 23.8 Å². The van der Waals surface area contributed by atoms with Gasteiger partial charge in [0.15, 0.2) is 17.1 Å². The number of nitrogens with one attached hydrogen (secondary N) is 1. The minimum absolute atomic E-state index is 0.207. The van der Waals surface area contributed by atoms with Gasteiger partial charge in [-0.3, -0.25) is 14.4 Å². The molecule has 2 heterocycles. The van der Waals surface area contributed by atoms with Crippen molar-refractivity contribution in [1.82, 2.24) is 10.2 Å². The Morgan fingerprint density at radius 3 is 1.86 bits per heavy atom. The topological polar surface area (TPSA) is 151 Å². The van der Waals surface area contributed by atoms with Crippen LogP contribution in [0.5, 0.6) is 0 Å². The van der Waals surface area contributed by atoms with E-state index >= 15 is 0 Å². The minimum Gasteiger partial charge on any atom is -0.460 e. The fourth-order valence-corrected chi connectivity index (χ4v) is 3.24. The molecule has 0 aromatic rings. The van der Waals surface area contributed by atoms with Gasteiger partial charge < -0.3 is 19.7 Å². The monoisotopic (exact) mass is 508 g/mol. The van der Waals surface area contributed by atoms with Gasteiger partial charge >= 0.3 is 12.1 Å². The number of esters is 1. The molecule has 12 heteroatoms. The third-order valence-corrected chi connectivity index (χ3v) is 5.33. The molecule has 0 saturated carbocycles. The normalized spacial score (nSPS) is 17.7. The molecule has 202 valence electrons. The number of Topliss-reactive ketones (excluding diaryl/α,β-unsaturated/α-hetero) is 1. The summed E-state index contributed by atoms with van der Waals surface area (Å²) in [6.07, 6.45) is -0.173. The summed E-state index contributed by atoms with van der Waals surface area (Å²) in [5, 5.41) is 18.5. The Morgan fingerprint density at radius 2 is 1.36 bits per heavy atom. The molecule has 0 radical (unpaired) electrons. The Bertz CT molecular complexity index is 905. The zero-order valence-electron chi connectivity index (χ0n) is 22.7. The Labute approximate surface area is 212 Å². The average molecular weight is 509 g/mol. The van der Waals surface area contributed by atoms with E-state index in [1.807, 2.05) is 13.8 Å². The molecule has 2 aliphatic rings. The second kappa shape index (κ2) is 11.0. The van der Waals surface area contributed by atoms with Gasteiger partial charge in [0, 0.05) is 32.4 Å². The van der Waals surface area contributed by atoms with Crippen molar-refractivity contribution in [3.8, 4) is 0 Å². The van der Waals surface area contributed by atoms with E-state index in [4.69, 9.17) is 9.47 Å². The molecule has 1 atom stereocenters. The predicted molar refractivity (Wildman–Crippen MR) is 130 cm³/mol. The lowest BCUT2D eigenvalue weighted by molar-refractivity contribution is -0.157. The van der Waals surface area contributed by atoms with Gasteiger partial charge in [0.2, 0.25) is 5.91 Å². The van der Waals surface area contributed by atoms with Gasteiger partial charge in [-0.1, -0.05) is 0 Å². The van der Waals surface area contributed by atoms with Crippen LogP contribution in [-0.2, 0) is 23.9 Å². The molecule has 0 saturated heterocycles. The van der Waals surface area contributed by atoms with Gasteiger partial charge in [-0.25, -0.2) is 4.79 Å². The Morgan fingerprint density at radius 1 is 0.833 bits per heavy atom. The van der Waals surface area contributed by atoms with Crippen LogP contribution in [0.3, 0.4) is 0 Å². The highest BCUT2D eigenvalue weighted by molar-refractivity contribution is 5.91. The van der Waals surface area contributed by atoms with Crippen LogP contribution in [0.4, 0.5) is 4.79 Å². The lowest BCUT2D eigenvalue weighted by Gasteiger charge is -2.28. The van der Waals surface area contributed by atoms with Crippen LogP contribution in [0.15, 0.2) is 20.5 Å². The molecule has 0 unspecified atom stereocenters. The number of hydrogen-bond donors (Lipinski definition) is 1. The molecule has 2 rings (SSSR count). The number of rotatable bonds is 13. The summed E-state index contributed by atoms with van der Waals surface area (Å²) in [5.41, 5.74) is -2.51. The molecule has 36 heavy (non-hydrogen) atoms. The molecular formula is C24H40N6O6. The number of nitrogens with zero attached hydrogens (tertiary/aromatic N) is 5. The van der Waals surface area contributed by atoms with E-state index in [1.165, 1.54) is 4.90 Å². The second-order valence-corrected chi connectivity index (χ2v) is 11.8. The van der Waals surface area contributed by atoms with E-state index in [1.54, 1.807) is 41.5 Å². The average Bonchev–Trinajstić information content (AvgIpc) is 3.61. The molecule has 0 aromatic heterocycles. The summed E-state index contributed by atoms with van der Waals surface area (Å²) in [5.74, 6) is -2.34. The fourth-order valence-electron chi connectivity index (χ4n) is 3.24. The first kappa shape index (κ1) is 29.3. The number of carbonyl (C=O) groups excluding carboxylic acids is 4. The summed E-state index contributed by atoms with van der Waals surface area (Å²) in [7, 11) is 0. The van der Waals surface area contributed by atoms with Crippen LogP contribution in [0.25, 0.3) is 0 Å². The molecule has 2 aliphatic heterocycles. The van der Waals surface area contributed by atoms with Gasteiger partial charge in [-0.2, -0.15) is 20.5 Å². The van der Waals surface area contributed by atoms with Crippen LogP contribution in [-0.4, -0.2) is 70.8 Å². The van der Waals surface area contributed by atoms with Crippen LogP contribution >= 0.6 is 0 Å². The maximum Gasteiger partial charge on any atom is 0.410 e. The Hall–Kier alpha value is -2.92. The van der Waals surface area contributed by atoms with Crippen molar-refractivity contribution in [3.05, 3.63) is 0 Å². The first-order chi connectivity index (χ1) is 16.4. The molecule has 12 nitrogen and oxygen atoms in total. The van der Waals surface area contributed by atoms with Crippen LogP contribution in [0.2, 0.25) is 0 Å². The molecule has 0 aromatic carbocycles. The maximum atomic E-state index is 13.0. The van der Waals surface area contributed by atoms with Crippen molar-refractivity contribution in [2.24, 2.45) is 26.4 Å². The van der Waals surface area contributed by atoms with Gasteiger partial charge in [0.1, 0.15) is 11.2 Å². The molecule has 0 spiro atoms. The van der Waals surface area contributed by atoms with Crippen LogP contribution in [0, 0.1) is 5.92 Å². The van der Waals surface area contributed by atoms with E-state index in [-0.39, 0.29) is 31.7 Å². The highest BCUT2D eigenvalue weighted by Crippen LogP contribution is 2.31. The lowest BCUT2D eigenvalue weighted by Crippen LogP contribution is -2.42. The van der Waals surface area contributed by atoms with Gasteiger partial charge in [0.25, 0.3) is 0 Å². The Kier molecular flexibility index (Phi) is 8.96. The predicted octanol–water partition coefficient (Wildman–Crippen LogP) is 3.79. The van der Waals surface area contributed by atoms with E-state index in [9.17, 15) is 19.2 Å². The van der Waals surface area contributed by atoms with E-state index in [2.05, 4.69) is 25.8 Å². The van der Waals surface area contributed by atoms with Crippen LogP contribution < -0.4 is 5.32 Å². The zero-order chi connectivity index (χ0) is 27.4. The zero-order valence-corrected chi connectivity index (χ0v) is 22.7. The number of hydrogen-bond acceptors (Lipinski definition) is 10. The SMILES string of the molecule is CC1(CCNC(=O)[C@@H](CC(=O)CN(CCC2(C)N=N2)C(=O)OC(C)(C)C)CC(=O)OC(C)(C)C)N=N1. The van der Waals surface area contributed by atoms with Gasteiger partial charge in [-0.05, 0) is 55.4 Å². The van der Waals surface area contributed by atoms with E-state index in [0.29, 0.717) is 19.4 Å². The summed E-state index contributed by atoms with van der Waals surface area (Å²) >= 11 is 0. The quantitative estimate of drug-likeness (QED) is 0.374. The summed E-state index contributed by atoms with van der Waals surface area (Å²) in [4.78, 5) is 52.4. The standard InChI is InChI=1S/C24H40N6O6/c1-21(2,3)35-18(32)14-16(19(33)25-11-9-23(7)26-27-23)13-17(31)15-30(12-10-24(8)28-29-24)20(34)36-22(4,5)6/h16H,9-15H2,1-8H3,(H,25,33)/t16-/m0/s1. The smallest absolute Gasteiger partial charge is 0.410 e. The highest BCUT2D eigenvalue weighted by atomic mass is 16.6. The summed E-state index contributed by atoms with van der Waals surface area (Å²) in [6.45, 7) is 14.3. The molecule has 0 aliphatic carbocycles. The minimum atomic E-state index is -0.945. The molecule has 2 amide bonds. The number of amides is 2. The van der Waals surface area contributed by atoms with Crippen molar-refractivity contribution in [2.45, 2.75) is 104 Å². The van der Waals surface area contributed by atoms with Crippen LogP contribution in [0.1, 0.15) is 81.1 Å². The molecular weight excluding hydrogens is 468 g/mol. The number of ether oxygens (including phenoxy) is 2. The maximum absolute atomic E-state index is 13.0. The summed E-state index contributed by atoms with van der Waals surface area (Å²) < 4.78 is 10.8.